The largest absolute Gasteiger partial charge is 0.618 e. The van der Waals surface area contributed by atoms with E-state index < -0.39 is 47.3 Å². The smallest absolute Gasteiger partial charge is 0.416 e. The molecule has 0 atom stereocenters. The van der Waals surface area contributed by atoms with Crippen LogP contribution in [0.15, 0.2) is 48.7 Å². The number of rotatable bonds is 6. The molecule has 2 aromatic carbocycles. The first-order chi connectivity index (χ1) is 16.9. The monoisotopic (exact) mass is 505 g/mol. The Hall–Kier alpha value is -4.02. The molecule has 0 spiro atoms. The number of aromatic nitrogens is 1. The fourth-order valence-corrected chi connectivity index (χ4v) is 3.66. The van der Waals surface area contributed by atoms with Crippen LogP contribution >= 0.6 is 0 Å². The second-order valence-corrected chi connectivity index (χ2v) is 8.49. The Bertz CT molecular complexity index is 1350. The predicted molar refractivity (Wildman–Crippen MR) is 119 cm³/mol. The van der Waals surface area contributed by atoms with Gasteiger partial charge in [-0.1, -0.05) is 0 Å². The third kappa shape index (κ3) is 5.45. The average Bonchev–Trinajstić information content (AvgIpc) is 3.62. The van der Waals surface area contributed by atoms with Crippen molar-refractivity contribution in [3.8, 4) is 11.3 Å². The van der Waals surface area contributed by atoms with Crippen LogP contribution in [0.2, 0.25) is 0 Å². The van der Waals surface area contributed by atoms with E-state index in [9.17, 15) is 36.7 Å². The number of hydrogen-bond acceptors (Lipinski definition) is 3. The number of halogens is 5. The minimum absolute atomic E-state index is 0.0338. The summed E-state index contributed by atoms with van der Waals surface area (Å²) in [6, 6.07) is 6.91. The molecule has 1 aliphatic rings. The van der Waals surface area contributed by atoms with Gasteiger partial charge in [-0.3, -0.25) is 9.59 Å². The van der Waals surface area contributed by atoms with E-state index in [1.165, 1.54) is 25.1 Å². The Labute approximate surface area is 202 Å². The normalized spacial score (nSPS) is 13.4. The van der Waals surface area contributed by atoms with Gasteiger partial charge in [0, 0.05) is 24.2 Å². The summed E-state index contributed by atoms with van der Waals surface area (Å²) in [5.41, 5.74) is -1.49. The Balaban J connectivity index is 1.56. The van der Waals surface area contributed by atoms with Gasteiger partial charge in [0.2, 0.25) is 5.69 Å². The van der Waals surface area contributed by atoms with Gasteiger partial charge in [-0.05, 0) is 67.3 Å². The first kappa shape index (κ1) is 25.1. The molecule has 1 saturated carbocycles. The van der Waals surface area contributed by atoms with Gasteiger partial charge in [0.25, 0.3) is 11.8 Å². The molecule has 0 radical (unpaired) electrons. The van der Waals surface area contributed by atoms with Gasteiger partial charge in [-0.15, -0.1) is 0 Å². The van der Waals surface area contributed by atoms with Gasteiger partial charge < -0.3 is 15.8 Å². The summed E-state index contributed by atoms with van der Waals surface area (Å²) in [6.45, 7) is 0.805. The van der Waals surface area contributed by atoms with Crippen LogP contribution in [0.3, 0.4) is 0 Å². The molecule has 2 N–H and O–H groups in total. The zero-order chi connectivity index (χ0) is 26.2. The molecule has 1 aromatic heterocycles. The number of hydrogen-bond donors (Lipinski definition) is 2. The number of nitrogens with zero attached hydrogens (tertiary/aromatic N) is 1. The number of carbonyl (C=O) groups excluding carboxylic acids is 2. The van der Waals surface area contributed by atoms with Crippen LogP contribution < -0.4 is 15.4 Å². The van der Waals surface area contributed by atoms with E-state index in [4.69, 9.17) is 0 Å². The highest BCUT2D eigenvalue weighted by Crippen LogP contribution is 2.32. The quantitative estimate of drug-likeness (QED) is 0.296. The zero-order valence-electron chi connectivity index (χ0n) is 18.9. The summed E-state index contributed by atoms with van der Waals surface area (Å²) in [5.74, 6) is -2.93. The summed E-state index contributed by atoms with van der Waals surface area (Å²) in [4.78, 5) is 24.8. The molecule has 11 heteroatoms. The molecular weight excluding hydrogens is 485 g/mol. The van der Waals surface area contributed by atoms with Crippen molar-refractivity contribution in [1.29, 1.82) is 0 Å². The molecule has 0 bridgehead atoms. The summed E-state index contributed by atoms with van der Waals surface area (Å²) < 4.78 is 67.8. The van der Waals surface area contributed by atoms with Crippen molar-refractivity contribution in [2.45, 2.75) is 38.5 Å². The summed E-state index contributed by atoms with van der Waals surface area (Å²) in [5, 5.41) is 17.7. The second-order valence-electron chi connectivity index (χ2n) is 8.49. The number of amides is 2. The van der Waals surface area contributed by atoms with Gasteiger partial charge >= 0.3 is 6.18 Å². The highest BCUT2D eigenvalue weighted by Gasteiger charge is 2.33. The summed E-state index contributed by atoms with van der Waals surface area (Å²) in [6.07, 6.45) is -2.18. The van der Waals surface area contributed by atoms with Crippen molar-refractivity contribution >= 4 is 11.8 Å². The number of nitrogens with one attached hydrogen (secondary N) is 2. The van der Waals surface area contributed by atoms with Crippen LogP contribution in [0.5, 0.6) is 0 Å². The Kier molecular flexibility index (Phi) is 6.66. The van der Waals surface area contributed by atoms with Gasteiger partial charge in [-0.2, -0.15) is 17.9 Å². The van der Waals surface area contributed by atoms with E-state index in [-0.39, 0.29) is 34.0 Å². The van der Waals surface area contributed by atoms with Crippen molar-refractivity contribution in [3.63, 3.8) is 0 Å². The minimum atomic E-state index is -4.75. The van der Waals surface area contributed by atoms with Crippen molar-refractivity contribution in [1.82, 2.24) is 10.6 Å². The molecule has 188 valence electrons. The summed E-state index contributed by atoms with van der Waals surface area (Å²) in [7, 11) is 0. The van der Waals surface area contributed by atoms with Crippen LogP contribution in [0, 0.1) is 23.8 Å². The van der Waals surface area contributed by atoms with Crippen molar-refractivity contribution < 1.29 is 36.3 Å². The van der Waals surface area contributed by atoms with Crippen LogP contribution in [0.1, 0.15) is 50.2 Å². The third-order valence-electron chi connectivity index (χ3n) is 5.78. The SMILES string of the molecule is Cc1c(F)cc(C(=O)NC2CC2)cc1-c1ccc(C(=O)NCc2cc(F)ccc2C(F)(F)F)c[n+]1[O-]. The lowest BCUT2D eigenvalue weighted by Crippen LogP contribution is -2.33. The Morgan fingerprint density at radius 2 is 1.75 bits per heavy atom. The Morgan fingerprint density at radius 3 is 2.39 bits per heavy atom. The molecular formula is C25H20F5N3O3. The molecule has 1 fully saturated rings. The molecule has 4 rings (SSSR count). The molecule has 3 aromatic rings. The first-order valence-electron chi connectivity index (χ1n) is 10.9. The lowest BCUT2D eigenvalue weighted by molar-refractivity contribution is -0.593. The Morgan fingerprint density at radius 1 is 1.03 bits per heavy atom. The van der Waals surface area contributed by atoms with Crippen molar-refractivity contribution in [2.75, 3.05) is 0 Å². The van der Waals surface area contributed by atoms with E-state index in [1.54, 1.807) is 0 Å². The van der Waals surface area contributed by atoms with E-state index in [1.807, 2.05) is 0 Å². The molecule has 1 aliphatic carbocycles. The number of benzene rings is 2. The van der Waals surface area contributed by atoms with Gasteiger partial charge in [0.15, 0.2) is 6.20 Å². The van der Waals surface area contributed by atoms with E-state index in [0.717, 1.165) is 25.1 Å². The molecule has 0 saturated heterocycles. The number of carbonyl (C=O) groups is 2. The average molecular weight is 505 g/mol. The molecule has 0 unspecified atom stereocenters. The number of pyridine rings is 1. The maximum atomic E-state index is 14.5. The maximum absolute atomic E-state index is 14.5. The summed E-state index contributed by atoms with van der Waals surface area (Å²) >= 11 is 0. The molecule has 0 aliphatic heterocycles. The zero-order valence-corrected chi connectivity index (χ0v) is 18.9. The fourth-order valence-electron chi connectivity index (χ4n) is 3.66. The number of alkyl halides is 3. The van der Waals surface area contributed by atoms with E-state index >= 15 is 0 Å². The predicted octanol–water partition coefficient (Wildman–Crippen LogP) is 4.41. The van der Waals surface area contributed by atoms with Crippen molar-refractivity contribution in [3.05, 3.63) is 93.3 Å². The van der Waals surface area contributed by atoms with Gasteiger partial charge in [0.1, 0.15) is 17.2 Å². The van der Waals surface area contributed by atoms with Crippen LogP contribution in [-0.4, -0.2) is 17.9 Å². The van der Waals surface area contributed by atoms with Crippen LogP contribution in [-0.2, 0) is 12.7 Å². The lowest BCUT2D eigenvalue weighted by atomic mass is 10.00. The topological polar surface area (TPSA) is 85.1 Å². The standard InChI is InChI=1S/C25H20F5N3O3/c1-13-19(9-15(10-21(13)27)24(35)32-18-4-5-18)22-7-2-14(12-33(22)36)23(34)31-11-16-8-17(26)3-6-20(16)25(28,29)30/h2-3,6-10,12,18H,4-5,11H2,1H3,(H,31,34)(H,32,35). The van der Waals surface area contributed by atoms with E-state index in [2.05, 4.69) is 10.6 Å². The van der Waals surface area contributed by atoms with Crippen LogP contribution in [0.4, 0.5) is 22.0 Å². The molecule has 2 amide bonds. The van der Waals surface area contributed by atoms with Gasteiger partial charge in [0.05, 0.1) is 11.1 Å². The highest BCUT2D eigenvalue weighted by molar-refractivity contribution is 5.96. The minimum Gasteiger partial charge on any atom is -0.618 e. The van der Waals surface area contributed by atoms with E-state index in [0.29, 0.717) is 22.9 Å². The lowest BCUT2D eigenvalue weighted by Gasteiger charge is -2.14. The molecule has 1 heterocycles. The second kappa shape index (κ2) is 9.56. The molecule has 6 nitrogen and oxygen atoms in total. The first-order valence-corrected chi connectivity index (χ1v) is 10.9. The fraction of sp³-hybridized carbons (Fsp3) is 0.240. The third-order valence-corrected chi connectivity index (χ3v) is 5.78. The highest BCUT2D eigenvalue weighted by atomic mass is 19.4. The van der Waals surface area contributed by atoms with Crippen molar-refractivity contribution in [2.24, 2.45) is 0 Å². The maximum Gasteiger partial charge on any atom is 0.416 e. The van der Waals surface area contributed by atoms with Gasteiger partial charge in [-0.25, -0.2) is 8.78 Å². The van der Waals surface area contributed by atoms with Crippen LogP contribution in [0.25, 0.3) is 11.3 Å². The molecule has 36 heavy (non-hydrogen) atoms.